The Bertz CT molecular complexity index is 1280. The summed E-state index contributed by atoms with van der Waals surface area (Å²) in [5.74, 6) is -4.20. The SMILES string of the molecule is CCOCCOC(=O)C1=C(C(=O)N(C(=O)c2cccc(F)c2)c2c(F)sc(CC(=O)OCC)c2Cl)CCCC1. The molecule has 12 heteroatoms. The first-order chi connectivity index (χ1) is 18.7. The van der Waals surface area contributed by atoms with Crippen molar-refractivity contribution in [3.8, 4) is 0 Å². The predicted molar refractivity (Wildman–Crippen MR) is 141 cm³/mol. The van der Waals surface area contributed by atoms with Gasteiger partial charge >= 0.3 is 11.9 Å². The van der Waals surface area contributed by atoms with Gasteiger partial charge in [-0.1, -0.05) is 17.7 Å². The molecule has 1 aromatic heterocycles. The van der Waals surface area contributed by atoms with Crippen LogP contribution in [0.4, 0.5) is 14.5 Å². The second-order valence-electron chi connectivity index (χ2n) is 8.40. The minimum Gasteiger partial charge on any atom is -0.466 e. The molecule has 0 atom stereocenters. The second-order valence-corrected chi connectivity index (χ2v) is 9.83. The number of amides is 2. The highest BCUT2D eigenvalue weighted by atomic mass is 35.5. The van der Waals surface area contributed by atoms with Gasteiger partial charge in [0.1, 0.15) is 18.1 Å². The number of ether oxygens (including phenoxy) is 3. The van der Waals surface area contributed by atoms with Crippen LogP contribution in [0.2, 0.25) is 5.02 Å². The fraction of sp³-hybridized carbons (Fsp3) is 0.407. The van der Waals surface area contributed by atoms with Crippen LogP contribution in [0.25, 0.3) is 0 Å². The number of hydrogen-bond donors (Lipinski definition) is 0. The van der Waals surface area contributed by atoms with Crippen molar-refractivity contribution in [3.05, 3.63) is 61.8 Å². The summed E-state index contributed by atoms with van der Waals surface area (Å²) in [5, 5.41) is -1.34. The average molecular weight is 584 g/mol. The Morgan fingerprint density at radius 1 is 0.974 bits per heavy atom. The van der Waals surface area contributed by atoms with Crippen molar-refractivity contribution < 1.29 is 42.2 Å². The lowest BCUT2D eigenvalue weighted by atomic mass is 9.90. The molecule has 1 heterocycles. The van der Waals surface area contributed by atoms with Crippen molar-refractivity contribution in [3.63, 3.8) is 0 Å². The maximum atomic E-state index is 15.4. The lowest BCUT2D eigenvalue weighted by Crippen LogP contribution is -2.40. The second kappa shape index (κ2) is 14.3. The van der Waals surface area contributed by atoms with Crippen molar-refractivity contribution >= 4 is 52.4 Å². The highest BCUT2D eigenvalue weighted by Crippen LogP contribution is 2.41. The number of carbonyl (C=O) groups is 4. The zero-order chi connectivity index (χ0) is 28.5. The van der Waals surface area contributed by atoms with Crippen molar-refractivity contribution in [2.75, 3.05) is 31.3 Å². The molecule has 0 aliphatic heterocycles. The third-order valence-corrected chi connectivity index (χ3v) is 7.29. The van der Waals surface area contributed by atoms with Crippen LogP contribution < -0.4 is 4.90 Å². The number of hydrogen-bond acceptors (Lipinski definition) is 8. The first-order valence-corrected chi connectivity index (χ1v) is 13.6. The van der Waals surface area contributed by atoms with Crippen LogP contribution in [0.3, 0.4) is 0 Å². The van der Waals surface area contributed by atoms with Gasteiger partial charge in [0.15, 0.2) is 0 Å². The van der Waals surface area contributed by atoms with Gasteiger partial charge in [0.2, 0.25) is 5.13 Å². The molecule has 1 aliphatic rings. The molecule has 0 radical (unpaired) electrons. The fourth-order valence-electron chi connectivity index (χ4n) is 4.03. The molecule has 2 aromatic rings. The van der Waals surface area contributed by atoms with Crippen molar-refractivity contribution in [1.29, 1.82) is 0 Å². The molecule has 0 spiro atoms. The van der Waals surface area contributed by atoms with Crippen LogP contribution in [0.5, 0.6) is 0 Å². The smallest absolute Gasteiger partial charge is 0.334 e. The van der Waals surface area contributed by atoms with E-state index in [4.69, 9.17) is 25.8 Å². The van der Waals surface area contributed by atoms with E-state index in [1.807, 2.05) is 0 Å². The summed E-state index contributed by atoms with van der Waals surface area (Å²) in [5.41, 5.74) is -0.782. The molecular weight excluding hydrogens is 556 g/mol. The molecule has 1 aliphatic carbocycles. The highest BCUT2D eigenvalue weighted by molar-refractivity contribution is 7.11. The topological polar surface area (TPSA) is 99.2 Å². The molecule has 39 heavy (non-hydrogen) atoms. The van der Waals surface area contributed by atoms with Crippen molar-refractivity contribution in [2.24, 2.45) is 0 Å². The van der Waals surface area contributed by atoms with Crippen LogP contribution in [-0.4, -0.2) is 50.2 Å². The number of thiophene rings is 1. The Labute approximate surface area is 233 Å². The number of rotatable bonds is 11. The van der Waals surface area contributed by atoms with Crippen molar-refractivity contribution in [1.82, 2.24) is 0 Å². The molecule has 3 rings (SSSR count). The molecule has 0 saturated carbocycles. The molecule has 0 fully saturated rings. The Hall–Kier alpha value is -3.15. The number of benzene rings is 1. The summed E-state index contributed by atoms with van der Waals surface area (Å²) in [6, 6.07) is 4.54. The quantitative estimate of drug-likeness (QED) is 0.198. The normalized spacial score (nSPS) is 13.3. The minimum absolute atomic E-state index is 0.0268. The molecule has 2 amide bonds. The molecular formula is C27H28ClF2NO7S. The molecule has 0 saturated heterocycles. The van der Waals surface area contributed by atoms with Crippen molar-refractivity contribution in [2.45, 2.75) is 46.0 Å². The summed E-state index contributed by atoms with van der Waals surface area (Å²) in [4.78, 5) is 53.0. The highest BCUT2D eigenvalue weighted by Gasteiger charge is 2.37. The number of nitrogens with zero attached hydrogens (tertiary/aromatic N) is 1. The van der Waals surface area contributed by atoms with Gasteiger partial charge in [0.25, 0.3) is 11.8 Å². The van der Waals surface area contributed by atoms with Gasteiger partial charge in [-0.05, 0) is 57.7 Å². The predicted octanol–water partition coefficient (Wildman–Crippen LogP) is 5.41. The van der Waals surface area contributed by atoms with E-state index in [0.717, 1.165) is 12.1 Å². The summed E-state index contributed by atoms with van der Waals surface area (Å²) >= 11 is 6.92. The zero-order valence-corrected chi connectivity index (χ0v) is 23.1. The fourth-order valence-corrected chi connectivity index (χ4v) is 5.32. The first-order valence-electron chi connectivity index (χ1n) is 12.4. The third kappa shape index (κ3) is 7.49. The van der Waals surface area contributed by atoms with Gasteiger partial charge < -0.3 is 14.2 Å². The molecule has 210 valence electrons. The maximum Gasteiger partial charge on any atom is 0.334 e. The average Bonchev–Trinajstić information content (AvgIpc) is 3.18. The standard InChI is InChI=1S/C27H28ClF2NO7S/c1-3-36-12-13-38-27(35)19-11-6-5-10-18(19)26(34)31(25(33)16-8-7-9-17(29)14-16)23-22(28)20(39-24(23)30)15-21(32)37-4-2/h7-9,14H,3-6,10-13,15H2,1-2H3. The largest absolute Gasteiger partial charge is 0.466 e. The summed E-state index contributed by atoms with van der Waals surface area (Å²) in [7, 11) is 0. The summed E-state index contributed by atoms with van der Waals surface area (Å²) in [6.07, 6.45) is 1.09. The first kappa shape index (κ1) is 30.4. The van der Waals surface area contributed by atoms with E-state index in [0.29, 0.717) is 35.7 Å². The number of esters is 2. The number of imide groups is 1. The molecule has 0 unspecified atom stereocenters. The molecule has 0 N–H and O–H groups in total. The Balaban J connectivity index is 2.08. The van der Waals surface area contributed by atoms with E-state index >= 15 is 4.39 Å². The van der Waals surface area contributed by atoms with Gasteiger partial charge in [-0.15, -0.1) is 11.3 Å². The van der Waals surface area contributed by atoms with Gasteiger partial charge in [0.05, 0.1) is 24.7 Å². The van der Waals surface area contributed by atoms with E-state index in [1.54, 1.807) is 13.8 Å². The zero-order valence-electron chi connectivity index (χ0n) is 21.5. The van der Waals surface area contributed by atoms with E-state index in [1.165, 1.54) is 12.1 Å². The Morgan fingerprint density at radius 3 is 2.36 bits per heavy atom. The van der Waals surface area contributed by atoms with Crippen LogP contribution in [0.15, 0.2) is 35.4 Å². The monoisotopic (exact) mass is 583 g/mol. The maximum absolute atomic E-state index is 15.4. The number of carbonyl (C=O) groups excluding carboxylic acids is 4. The molecule has 1 aromatic carbocycles. The lowest BCUT2D eigenvalue weighted by Gasteiger charge is -2.25. The van der Waals surface area contributed by atoms with E-state index in [2.05, 4.69) is 0 Å². The van der Waals surface area contributed by atoms with E-state index in [9.17, 15) is 23.6 Å². The number of anilines is 1. The summed E-state index contributed by atoms with van der Waals surface area (Å²) < 4.78 is 44.7. The van der Waals surface area contributed by atoms with Gasteiger partial charge in [-0.25, -0.2) is 14.1 Å². The van der Waals surface area contributed by atoms with Gasteiger partial charge in [-0.2, -0.15) is 4.39 Å². The van der Waals surface area contributed by atoms with Gasteiger partial charge in [0, 0.05) is 28.2 Å². The minimum atomic E-state index is -1.05. The van der Waals surface area contributed by atoms with Crippen LogP contribution in [0.1, 0.15) is 54.8 Å². The molecule has 8 nitrogen and oxygen atoms in total. The van der Waals surface area contributed by atoms with Crippen LogP contribution in [0, 0.1) is 10.9 Å². The molecule has 0 bridgehead atoms. The Morgan fingerprint density at radius 2 is 1.69 bits per heavy atom. The summed E-state index contributed by atoms with van der Waals surface area (Å²) in [6.45, 7) is 4.06. The van der Waals surface area contributed by atoms with E-state index < -0.39 is 40.4 Å². The lowest BCUT2D eigenvalue weighted by molar-refractivity contribution is -0.142. The number of halogens is 3. The van der Waals surface area contributed by atoms with Crippen LogP contribution in [-0.2, 0) is 35.0 Å². The Kier molecular flexibility index (Phi) is 11.1. The van der Waals surface area contributed by atoms with Gasteiger partial charge in [-0.3, -0.25) is 14.4 Å². The van der Waals surface area contributed by atoms with Crippen LogP contribution >= 0.6 is 22.9 Å². The third-order valence-electron chi connectivity index (χ3n) is 5.80. The van der Waals surface area contributed by atoms with E-state index in [-0.39, 0.29) is 65.7 Å².